The summed E-state index contributed by atoms with van der Waals surface area (Å²) in [6.07, 6.45) is 24.4. The van der Waals surface area contributed by atoms with Crippen molar-refractivity contribution in [2.75, 3.05) is 37.0 Å². The molecule has 0 saturated carbocycles. The second-order valence-electron chi connectivity index (χ2n) is 9.16. The van der Waals surface area contributed by atoms with Crippen LogP contribution in [0.25, 0.3) is 0 Å². The Hall–Kier alpha value is 1.93. The first-order valence-electron chi connectivity index (χ1n) is 12.9. The molecular weight excluding hydrogens is 480 g/mol. The summed E-state index contributed by atoms with van der Waals surface area (Å²) < 4.78 is 0. The molecule has 0 N–H and O–H groups in total. The Bertz CT molecular complexity index is 314. The molecule has 0 aliphatic carbocycles. The summed E-state index contributed by atoms with van der Waals surface area (Å²) >= 11 is 0. The molecule has 0 unspecified atom stereocenters. The quantitative estimate of drug-likeness (QED) is 0.107. The molecule has 0 aromatic carbocycles. The fraction of sp³-hybridized carbons (Fsp3) is 1.00. The summed E-state index contributed by atoms with van der Waals surface area (Å²) in [5, 5.41) is 0. The molecule has 186 valence electrons. The zero-order valence-electron chi connectivity index (χ0n) is 20.8. The summed E-state index contributed by atoms with van der Waals surface area (Å²) in [6, 6.07) is -3.37. The summed E-state index contributed by atoms with van der Waals surface area (Å²) in [5.41, 5.74) is 0. The Morgan fingerprint density at radius 2 is 0.586 bits per heavy atom. The first-order chi connectivity index (χ1) is 13.9. The SMILES string of the molecule is CCCC[PH](CCCC)(CCCC)[Ni]([Cl])([Cl])[PH](CCCC)(CCCC)CCCC. The second kappa shape index (κ2) is 17.4. The molecule has 0 heterocycles. The molecule has 0 bridgehead atoms. The number of hydrogen-bond acceptors (Lipinski definition) is 0. The van der Waals surface area contributed by atoms with Gasteiger partial charge in [-0.05, 0) is 0 Å². The molecule has 5 heteroatoms. The number of hydrogen-bond donors (Lipinski definition) is 0. The van der Waals surface area contributed by atoms with Gasteiger partial charge in [-0.2, -0.15) is 0 Å². The third-order valence-corrected chi connectivity index (χ3v) is 48.8. The van der Waals surface area contributed by atoms with Crippen LogP contribution in [0.2, 0.25) is 0 Å². The van der Waals surface area contributed by atoms with Crippen LogP contribution < -0.4 is 0 Å². The van der Waals surface area contributed by atoms with Crippen molar-refractivity contribution < 1.29 is 9.74 Å². The van der Waals surface area contributed by atoms with E-state index in [0.29, 0.717) is 0 Å². The Morgan fingerprint density at radius 3 is 0.724 bits per heavy atom. The summed E-state index contributed by atoms with van der Waals surface area (Å²) in [4.78, 5) is 0. The molecule has 29 heavy (non-hydrogen) atoms. The van der Waals surface area contributed by atoms with Gasteiger partial charge in [0.1, 0.15) is 0 Å². The van der Waals surface area contributed by atoms with Gasteiger partial charge < -0.3 is 0 Å². The Kier molecular flexibility index (Phi) is 18.6. The van der Waals surface area contributed by atoms with Crippen molar-refractivity contribution in [3.05, 3.63) is 0 Å². The van der Waals surface area contributed by atoms with Crippen LogP contribution >= 0.6 is 32.5 Å². The van der Waals surface area contributed by atoms with Crippen molar-refractivity contribution in [2.45, 2.75) is 119 Å². The van der Waals surface area contributed by atoms with E-state index in [2.05, 4.69) is 41.5 Å². The van der Waals surface area contributed by atoms with Crippen molar-refractivity contribution in [2.24, 2.45) is 0 Å². The van der Waals surface area contributed by atoms with E-state index in [9.17, 15) is 0 Å². The van der Waals surface area contributed by atoms with Crippen molar-refractivity contribution in [3.63, 3.8) is 0 Å². The van der Waals surface area contributed by atoms with Gasteiger partial charge in [0.15, 0.2) is 0 Å². The van der Waals surface area contributed by atoms with E-state index in [1.54, 1.807) is 0 Å². The molecule has 0 aromatic heterocycles. The van der Waals surface area contributed by atoms with Crippen molar-refractivity contribution in [1.29, 1.82) is 0 Å². The second-order valence-corrected chi connectivity index (χ2v) is 35.9. The van der Waals surface area contributed by atoms with Crippen molar-refractivity contribution in [1.82, 2.24) is 0 Å². The fourth-order valence-corrected chi connectivity index (χ4v) is 49.4. The molecule has 0 aliphatic rings. The van der Waals surface area contributed by atoms with E-state index >= 15 is 0 Å². The minimum atomic E-state index is -1.69. The van der Waals surface area contributed by atoms with E-state index in [-0.39, 0.29) is 0 Å². The van der Waals surface area contributed by atoms with E-state index in [1.807, 2.05) is 0 Å². The van der Waals surface area contributed by atoms with E-state index in [0.717, 1.165) is 0 Å². The van der Waals surface area contributed by atoms with E-state index in [4.69, 9.17) is 20.4 Å². The fourth-order valence-electron chi connectivity index (χ4n) is 4.60. The van der Waals surface area contributed by atoms with Crippen LogP contribution in [0.1, 0.15) is 119 Å². The predicted molar refractivity (Wildman–Crippen MR) is 147 cm³/mol. The van der Waals surface area contributed by atoms with Gasteiger partial charge in [-0.25, -0.2) is 0 Å². The number of rotatable bonds is 20. The Morgan fingerprint density at radius 1 is 0.414 bits per heavy atom. The molecule has 0 aromatic rings. The van der Waals surface area contributed by atoms with E-state index in [1.165, 1.54) is 114 Å². The molecule has 0 nitrogen and oxygen atoms in total. The van der Waals surface area contributed by atoms with Gasteiger partial charge in [0.2, 0.25) is 0 Å². The summed E-state index contributed by atoms with van der Waals surface area (Å²) in [6.45, 7) is 14.1. The zero-order chi connectivity index (χ0) is 22.2. The average Bonchev–Trinajstić information content (AvgIpc) is 2.72. The molecule has 0 rings (SSSR count). The van der Waals surface area contributed by atoms with Gasteiger partial charge >= 0.3 is 198 Å². The molecule has 0 fully saturated rings. The average molecular weight is 536 g/mol. The van der Waals surface area contributed by atoms with Gasteiger partial charge in [-0.15, -0.1) is 0 Å². The van der Waals surface area contributed by atoms with Crippen molar-refractivity contribution in [3.8, 4) is 0 Å². The van der Waals surface area contributed by atoms with Gasteiger partial charge in [-0.1, -0.05) is 0 Å². The molecule has 0 spiro atoms. The maximum absolute atomic E-state index is 7.98. The molecule has 0 radical (unpaired) electrons. The third-order valence-electron chi connectivity index (χ3n) is 6.62. The van der Waals surface area contributed by atoms with Gasteiger partial charge in [0, 0.05) is 0 Å². The molecule has 0 atom stereocenters. The van der Waals surface area contributed by atoms with Crippen LogP contribution in [0.4, 0.5) is 0 Å². The number of halogens is 2. The van der Waals surface area contributed by atoms with Crippen LogP contribution in [0.5, 0.6) is 0 Å². The first kappa shape index (κ1) is 30.9. The molecule has 0 saturated heterocycles. The first-order valence-corrected chi connectivity index (χ1v) is 23.5. The zero-order valence-corrected chi connectivity index (χ0v) is 25.3. The normalized spacial score (nSPS) is 14.9. The van der Waals surface area contributed by atoms with Gasteiger partial charge in [-0.3, -0.25) is 0 Å². The molecule has 0 amide bonds. The molecule has 0 aliphatic heterocycles. The summed E-state index contributed by atoms with van der Waals surface area (Å²) in [5.74, 6) is 0. The topological polar surface area (TPSA) is 0 Å². The van der Waals surface area contributed by atoms with Crippen LogP contribution in [0.15, 0.2) is 0 Å². The third kappa shape index (κ3) is 9.37. The number of unbranched alkanes of at least 4 members (excludes halogenated alkanes) is 6. The van der Waals surface area contributed by atoms with Crippen LogP contribution in [0.3, 0.4) is 0 Å². The van der Waals surface area contributed by atoms with E-state index < -0.39 is 21.8 Å². The van der Waals surface area contributed by atoms with Crippen LogP contribution in [-0.4, -0.2) is 37.0 Å². The molecular formula is C24H56Cl2NiP2. The van der Waals surface area contributed by atoms with Gasteiger partial charge in [0.05, 0.1) is 0 Å². The monoisotopic (exact) mass is 534 g/mol. The van der Waals surface area contributed by atoms with Crippen molar-refractivity contribution >= 4 is 32.5 Å². The minimum absolute atomic E-state index is 1.30. The predicted octanol–water partition coefficient (Wildman–Crippen LogP) is 10.6. The summed E-state index contributed by atoms with van der Waals surface area (Å²) in [7, 11) is 14.3. The van der Waals surface area contributed by atoms with Crippen LogP contribution in [-0.2, 0) is 9.74 Å². The Balaban J connectivity index is 6.33. The maximum atomic E-state index is 7.98. The van der Waals surface area contributed by atoms with Crippen LogP contribution in [0, 0.1) is 0 Å². The van der Waals surface area contributed by atoms with Gasteiger partial charge in [0.25, 0.3) is 0 Å². The Labute approximate surface area is 197 Å². The standard InChI is InChI=1S/2C12H27P.2ClH.Ni/c2*1-4-7-10-13(11-8-5-2)12-9-6-3;;;/h2*4-12H2,1-3H3;2*1H;.